The van der Waals surface area contributed by atoms with Gasteiger partial charge in [0.1, 0.15) is 5.75 Å². The molecule has 1 amide bonds. The molecule has 0 saturated carbocycles. The molecule has 0 atom stereocenters. The molecular weight excluding hydrogens is 428 g/mol. The highest BCUT2D eigenvalue weighted by Crippen LogP contribution is 2.33. The van der Waals surface area contributed by atoms with Gasteiger partial charge in [-0.15, -0.1) is 0 Å². The first-order valence-electron chi connectivity index (χ1n) is 8.95. The van der Waals surface area contributed by atoms with Gasteiger partial charge in [0.05, 0.1) is 42.2 Å². The Morgan fingerprint density at radius 1 is 1.03 bits per heavy atom. The van der Waals surface area contributed by atoms with Crippen LogP contribution in [-0.2, 0) is 21.7 Å². The van der Waals surface area contributed by atoms with E-state index in [-0.39, 0.29) is 17.1 Å². The first-order chi connectivity index (χ1) is 14.3. The number of carbonyl (C=O) groups is 1. The molecule has 1 heterocycles. The van der Waals surface area contributed by atoms with E-state index in [0.717, 1.165) is 10.2 Å². The molecule has 0 radical (unpaired) electrons. The lowest BCUT2D eigenvalue weighted by atomic mass is 10.3. The standard InChI is InChI=1S/C20H22N2O6S2/c1-22-15-11-16(27-3)17(28-4)12-18(15)29-20(22)21-19(23)9-10-30(24,25)14-7-5-13(26-2)6-8-14/h5-8,11-12H,9-10H2,1-4H3. The van der Waals surface area contributed by atoms with E-state index in [0.29, 0.717) is 22.0 Å². The summed E-state index contributed by atoms with van der Waals surface area (Å²) in [5, 5.41) is 0. The summed E-state index contributed by atoms with van der Waals surface area (Å²) in [7, 11) is 2.79. The van der Waals surface area contributed by atoms with Crippen LogP contribution in [0.2, 0.25) is 0 Å². The summed E-state index contributed by atoms with van der Waals surface area (Å²) >= 11 is 1.31. The number of hydrogen-bond donors (Lipinski definition) is 0. The number of aryl methyl sites for hydroxylation is 1. The number of nitrogens with zero attached hydrogens (tertiary/aromatic N) is 2. The number of thiazole rings is 1. The quantitative estimate of drug-likeness (QED) is 0.549. The highest BCUT2D eigenvalue weighted by atomic mass is 32.2. The van der Waals surface area contributed by atoms with Crippen molar-refractivity contribution in [1.29, 1.82) is 0 Å². The Hall–Kier alpha value is -2.85. The molecule has 1 aromatic heterocycles. The number of hydrogen-bond acceptors (Lipinski definition) is 7. The summed E-state index contributed by atoms with van der Waals surface area (Å²) < 4.78 is 43.2. The van der Waals surface area contributed by atoms with Gasteiger partial charge in [0.15, 0.2) is 26.1 Å². The SMILES string of the molecule is COc1ccc(S(=O)(=O)CCC(=O)N=c2sc3cc(OC)c(OC)cc3n2C)cc1. The van der Waals surface area contributed by atoms with Gasteiger partial charge in [-0.2, -0.15) is 4.99 Å². The van der Waals surface area contributed by atoms with Crippen LogP contribution in [0.25, 0.3) is 10.2 Å². The number of carbonyl (C=O) groups excluding carboxylic acids is 1. The van der Waals surface area contributed by atoms with Gasteiger partial charge in [-0.05, 0) is 24.3 Å². The van der Waals surface area contributed by atoms with Gasteiger partial charge < -0.3 is 18.8 Å². The van der Waals surface area contributed by atoms with Crippen molar-refractivity contribution in [2.24, 2.45) is 12.0 Å². The zero-order valence-electron chi connectivity index (χ0n) is 17.0. The van der Waals surface area contributed by atoms with Gasteiger partial charge in [0, 0.05) is 25.6 Å². The molecule has 160 valence electrons. The molecule has 0 unspecified atom stereocenters. The zero-order valence-corrected chi connectivity index (χ0v) is 18.7. The molecule has 0 bridgehead atoms. The molecule has 30 heavy (non-hydrogen) atoms. The van der Waals surface area contributed by atoms with E-state index in [1.165, 1.54) is 30.6 Å². The number of aromatic nitrogens is 1. The molecule has 0 aliphatic rings. The molecule has 2 aromatic carbocycles. The van der Waals surface area contributed by atoms with E-state index in [4.69, 9.17) is 14.2 Å². The highest BCUT2D eigenvalue weighted by molar-refractivity contribution is 7.91. The van der Waals surface area contributed by atoms with Crippen molar-refractivity contribution in [2.45, 2.75) is 11.3 Å². The molecule has 0 saturated heterocycles. The second-order valence-corrected chi connectivity index (χ2v) is 9.49. The Bertz CT molecular complexity index is 1240. The second kappa shape index (κ2) is 8.88. The topological polar surface area (TPSA) is 96.2 Å². The Balaban J connectivity index is 1.82. The predicted molar refractivity (Wildman–Crippen MR) is 114 cm³/mol. The van der Waals surface area contributed by atoms with E-state index < -0.39 is 15.7 Å². The largest absolute Gasteiger partial charge is 0.497 e. The lowest BCUT2D eigenvalue weighted by Crippen LogP contribution is -2.16. The lowest BCUT2D eigenvalue weighted by molar-refractivity contribution is -0.117. The van der Waals surface area contributed by atoms with Gasteiger partial charge in [-0.25, -0.2) is 8.42 Å². The average molecular weight is 451 g/mol. The van der Waals surface area contributed by atoms with Gasteiger partial charge in [0.25, 0.3) is 0 Å². The van der Waals surface area contributed by atoms with Crippen LogP contribution < -0.4 is 19.0 Å². The molecule has 3 aromatic rings. The lowest BCUT2D eigenvalue weighted by Gasteiger charge is -2.07. The molecule has 0 spiro atoms. The molecule has 8 nitrogen and oxygen atoms in total. The molecule has 0 aliphatic carbocycles. The van der Waals surface area contributed by atoms with Gasteiger partial charge in [-0.3, -0.25) is 4.79 Å². The Morgan fingerprint density at radius 2 is 1.67 bits per heavy atom. The Labute approximate surface area is 178 Å². The second-order valence-electron chi connectivity index (χ2n) is 6.37. The molecule has 0 aliphatic heterocycles. The van der Waals surface area contributed by atoms with Crippen LogP contribution in [-0.4, -0.2) is 46.0 Å². The van der Waals surface area contributed by atoms with Crippen LogP contribution in [0, 0.1) is 0 Å². The first-order valence-corrected chi connectivity index (χ1v) is 11.4. The van der Waals surface area contributed by atoms with Crippen molar-refractivity contribution in [1.82, 2.24) is 4.57 Å². The number of sulfone groups is 1. The summed E-state index contributed by atoms with van der Waals surface area (Å²) in [4.78, 5) is 17.1. The van der Waals surface area contributed by atoms with E-state index in [1.807, 2.05) is 12.1 Å². The van der Waals surface area contributed by atoms with E-state index in [2.05, 4.69) is 4.99 Å². The fourth-order valence-corrected chi connectivity index (χ4v) is 5.12. The monoisotopic (exact) mass is 450 g/mol. The minimum Gasteiger partial charge on any atom is -0.497 e. The molecule has 10 heteroatoms. The van der Waals surface area contributed by atoms with Crippen molar-refractivity contribution in [3.63, 3.8) is 0 Å². The molecular formula is C20H22N2O6S2. The molecule has 0 N–H and O–H groups in total. The summed E-state index contributed by atoms with van der Waals surface area (Å²) in [6.45, 7) is 0. The fourth-order valence-electron chi connectivity index (χ4n) is 2.85. The summed E-state index contributed by atoms with van der Waals surface area (Å²) in [5.74, 6) is 0.883. The molecule has 3 rings (SSSR count). The number of rotatable bonds is 7. The van der Waals surface area contributed by atoms with Crippen molar-refractivity contribution in [2.75, 3.05) is 27.1 Å². The van der Waals surface area contributed by atoms with Crippen LogP contribution in [0.1, 0.15) is 6.42 Å². The smallest absolute Gasteiger partial charge is 0.249 e. The van der Waals surface area contributed by atoms with Crippen LogP contribution >= 0.6 is 11.3 Å². The van der Waals surface area contributed by atoms with Crippen LogP contribution in [0.15, 0.2) is 46.3 Å². The van der Waals surface area contributed by atoms with E-state index in [9.17, 15) is 13.2 Å². The normalized spacial score (nSPS) is 12.2. The predicted octanol–water partition coefficient (Wildman–Crippen LogP) is 2.56. The number of amides is 1. The van der Waals surface area contributed by atoms with Gasteiger partial charge in [-0.1, -0.05) is 11.3 Å². The molecule has 0 fully saturated rings. The van der Waals surface area contributed by atoms with E-state index in [1.54, 1.807) is 38.0 Å². The van der Waals surface area contributed by atoms with Crippen molar-refractivity contribution < 1.29 is 27.4 Å². The Kier molecular flexibility index (Phi) is 6.47. The fraction of sp³-hybridized carbons (Fsp3) is 0.300. The minimum atomic E-state index is -3.60. The maximum Gasteiger partial charge on any atom is 0.249 e. The minimum absolute atomic E-state index is 0.141. The Morgan fingerprint density at radius 3 is 2.27 bits per heavy atom. The summed E-state index contributed by atoms with van der Waals surface area (Å²) in [6.07, 6.45) is -0.213. The third-order valence-corrected chi connectivity index (χ3v) is 7.36. The van der Waals surface area contributed by atoms with Gasteiger partial charge in [0.2, 0.25) is 5.91 Å². The third-order valence-electron chi connectivity index (χ3n) is 4.54. The first kappa shape index (κ1) is 21.8. The maximum atomic E-state index is 12.5. The van der Waals surface area contributed by atoms with Crippen molar-refractivity contribution in [3.05, 3.63) is 41.2 Å². The number of fused-ring (bicyclic) bond motifs is 1. The van der Waals surface area contributed by atoms with Crippen molar-refractivity contribution >= 4 is 37.3 Å². The van der Waals surface area contributed by atoms with Crippen LogP contribution in [0.4, 0.5) is 0 Å². The average Bonchev–Trinajstić information content (AvgIpc) is 3.05. The highest BCUT2D eigenvalue weighted by Gasteiger charge is 2.17. The maximum absolute atomic E-state index is 12.5. The number of methoxy groups -OCH3 is 3. The zero-order chi connectivity index (χ0) is 21.9. The number of ether oxygens (including phenoxy) is 3. The van der Waals surface area contributed by atoms with Gasteiger partial charge >= 0.3 is 0 Å². The third kappa shape index (κ3) is 4.49. The number of benzene rings is 2. The van der Waals surface area contributed by atoms with E-state index >= 15 is 0 Å². The van der Waals surface area contributed by atoms with Crippen molar-refractivity contribution in [3.8, 4) is 17.2 Å². The van der Waals surface area contributed by atoms with Crippen LogP contribution in [0.5, 0.6) is 17.2 Å². The summed E-state index contributed by atoms with van der Waals surface area (Å²) in [6, 6.07) is 9.68. The van der Waals surface area contributed by atoms with Crippen LogP contribution in [0.3, 0.4) is 0 Å². The summed E-state index contributed by atoms with van der Waals surface area (Å²) in [5.41, 5.74) is 0.829.